The van der Waals surface area contributed by atoms with E-state index in [2.05, 4.69) is 42.3 Å². The third-order valence-electron chi connectivity index (χ3n) is 4.13. The Bertz CT molecular complexity index is 1030. The molecule has 0 atom stereocenters. The fourth-order valence-electron chi connectivity index (χ4n) is 2.81. The molecule has 0 bridgehead atoms. The van der Waals surface area contributed by atoms with Gasteiger partial charge in [-0.05, 0) is 73.1 Å². The van der Waals surface area contributed by atoms with Gasteiger partial charge in [-0.15, -0.1) is 0 Å². The van der Waals surface area contributed by atoms with Gasteiger partial charge in [-0.3, -0.25) is 14.2 Å². The van der Waals surface area contributed by atoms with Crippen LogP contribution < -0.4 is 5.32 Å². The van der Waals surface area contributed by atoms with E-state index in [9.17, 15) is 9.59 Å². The first-order valence-corrected chi connectivity index (χ1v) is 11.2. The number of hydrogen-bond donors (Lipinski definition) is 1. The Balaban J connectivity index is 1.58. The summed E-state index contributed by atoms with van der Waals surface area (Å²) < 4.78 is 1.99. The van der Waals surface area contributed by atoms with E-state index in [0.29, 0.717) is 5.69 Å². The Morgan fingerprint density at radius 1 is 1.07 bits per heavy atom. The highest BCUT2D eigenvalue weighted by Gasteiger charge is 2.11. The highest BCUT2D eigenvalue weighted by molar-refractivity contribution is 8.13. The third kappa shape index (κ3) is 5.90. The van der Waals surface area contributed by atoms with Crippen molar-refractivity contribution in [1.82, 2.24) is 14.5 Å². The van der Waals surface area contributed by atoms with Crippen molar-refractivity contribution in [2.75, 3.05) is 25.2 Å². The molecule has 0 unspecified atom stereocenters. The van der Waals surface area contributed by atoms with Gasteiger partial charge in [0, 0.05) is 42.8 Å². The Morgan fingerprint density at radius 2 is 1.73 bits per heavy atom. The number of imidazole rings is 1. The molecule has 0 aliphatic heterocycles. The number of anilines is 1. The number of carbonyl (C=O) groups is 2. The summed E-state index contributed by atoms with van der Waals surface area (Å²) in [5.41, 5.74) is 4.09. The highest BCUT2D eigenvalue weighted by atomic mass is 32.2. The molecule has 6 nitrogen and oxygen atoms in total. The van der Waals surface area contributed by atoms with Crippen molar-refractivity contribution in [2.45, 2.75) is 23.9 Å². The second kappa shape index (κ2) is 9.86. The predicted molar refractivity (Wildman–Crippen MR) is 124 cm³/mol. The van der Waals surface area contributed by atoms with E-state index in [1.807, 2.05) is 22.9 Å². The number of thioether (sulfide) groups is 2. The summed E-state index contributed by atoms with van der Waals surface area (Å²) in [6, 6.07) is 13.6. The van der Waals surface area contributed by atoms with Gasteiger partial charge in [-0.2, -0.15) is 0 Å². The molecule has 8 heteroatoms. The molecule has 0 fully saturated rings. The Kier molecular flexibility index (Phi) is 7.23. The van der Waals surface area contributed by atoms with Crippen LogP contribution in [0.25, 0.3) is 5.69 Å². The van der Waals surface area contributed by atoms with E-state index < -0.39 is 0 Å². The minimum Gasteiger partial charge on any atom is -0.339 e. The molecule has 1 aromatic heterocycles. The summed E-state index contributed by atoms with van der Waals surface area (Å²) in [4.78, 5) is 30.9. The molecule has 156 valence electrons. The summed E-state index contributed by atoms with van der Waals surface area (Å²) in [7, 11) is 3.43. The van der Waals surface area contributed by atoms with Gasteiger partial charge < -0.3 is 10.2 Å². The van der Waals surface area contributed by atoms with Crippen LogP contribution in [0.3, 0.4) is 0 Å². The number of amides is 2. The minimum atomic E-state index is -0.111. The van der Waals surface area contributed by atoms with Gasteiger partial charge in [0.05, 0.1) is 5.75 Å². The van der Waals surface area contributed by atoms with Crippen LogP contribution >= 0.6 is 23.5 Å². The van der Waals surface area contributed by atoms with E-state index in [1.54, 1.807) is 32.4 Å². The molecule has 1 N–H and O–H groups in total. The van der Waals surface area contributed by atoms with Crippen LogP contribution in [-0.4, -0.2) is 45.4 Å². The molecular formula is C22H24N4O2S2. The summed E-state index contributed by atoms with van der Waals surface area (Å²) in [5, 5.41) is 3.61. The van der Waals surface area contributed by atoms with Crippen molar-refractivity contribution in [1.29, 1.82) is 0 Å². The smallest absolute Gasteiger partial charge is 0.285 e. The first-order valence-electron chi connectivity index (χ1n) is 9.35. The summed E-state index contributed by atoms with van der Waals surface area (Å²) in [6.45, 7) is 4.13. The number of carbonyl (C=O) groups excluding carboxylic acids is 2. The van der Waals surface area contributed by atoms with Gasteiger partial charge in [0.2, 0.25) is 5.91 Å². The number of aromatic nitrogens is 2. The van der Waals surface area contributed by atoms with Gasteiger partial charge in [-0.1, -0.05) is 17.8 Å². The Morgan fingerprint density at radius 3 is 2.37 bits per heavy atom. The number of nitrogens with one attached hydrogen (secondary N) is 1. The van der Waals surface area contributed by atoms with Crippen LogP contribution in [0.1, 0.15) is 11.1 Å². The lowest BCUT2D eigenvalue weighted by atomic mass is 10.1. The maximum atomic E-state index is 12.4. The molecule has 0 saturated carbocycles. The van der Waals surface area contributed by atoms with Crippen LogP contribution in [0, 0.1) is 13.8 Å². The highest BCUT2D eigenvalue weighted by Crippen LogP contribution is 2.24. The molecule has 0 aliphatic rings. The molecule has 30 heavy (non-hydrogen) atoms. The van der Waals surface area contributed by atoms with Crippen molar-refractivity contribution in [2.24, 2.45) is 0 Å². The molecule has 0 spiro atoms. The zero-order valence-electron chi connectivity index (χ0n) is 17.4. The molecule has 2 aromatic carbocycles. The number of aryl methyl sites for hydroxylation is 2. The topological polar surface area (TPSA) is 67.2 Å². The van der Waals surface area contributed by atoms with E-state index >= 15 is 0 Å². The van der Waals surface area contributed by atoms with Crippen LogP contribution in [0.15, 0.2) is 64.9 Å². The standard InChI is InChI=1S/C22H24N4O2S2/c1-15-11-16(2)13-18(12-15)26-10-9-23-21(26)29-14-20(27)24-17-5-7-19(8-6-17)30-22(28)25(3)4/h5-13H,14H2,1-4H3,(H,24,27). The third-order valence-corrected chi connectivity index (χ3v) is 6.15. The number of hydrogen-bond acceptors (Lipinski definition) is 5. The largest absolute Gasteiger partial charge is 0.339 e. The molecule has 0 radical (unpaired) electrons. The normalized spacial score (nSPS) is 10.7. The van der Waals surface area contributed by atoms with E-state index in [-0.39, 0.29) is 16.9 Å². The molecule has 0 aliphatic carbocycles. The van der Waals surface area contributed by atoms with E-state index in [1.165, 1.54) is 27.8 Å². The van der Waals surface area contributed by atoms with Gasteiger partial charge in [-0.25, -0.2) is 4.98 Å². The molecular weight excluding hydrogens is 416 g/mol. The molecule has 1 heterocycles. The summed E-state index contributed by atoms with van der Waals surface area (Å²) in [5.74, 6) is 0.136. The Hall–Kier alpha value is -2.71. The van der Waals surface area contributed by atoms with Crippen molar-refractivity contribution < 1.29 is 9.59 Å². The SMILES string of the molecule is Cc1cc(C)cc(-n2ccnc2SCC(=O)Nc2ccc(SC(=O)N(C)C)cc2)c1. The fraction of sp³-hybridized carbons (Fsp3) is 0.227. The monoisotopic (exact) mass is 440 g/mol. The van der Waals surface area contributed by atoms with Gasteiger partial charge >= 0.3 is 0 Å². The van der Waals surface area contributed by atoms with Crippen LogP contribution in [0.4, 0.5) is 10.5 Å². The minimum absolute atomic E-state index is 0.0394. The summed E-state index contributed by atoms with van der Waals surface area (Å²) in [6.07, 6.45) is 3.64. The van der Waals surface area contributed by atoms with E-state index in [4.69, 9.17) is 0 Å². The molecule has 3 rings (SSSR count). The van der Waals surface area contributed by atoms with Gasteiger partial charge in [0.1, 0.15) is 0 Å². The predicted octanol–water partition coefficient (Wildman–Crippen LogP) is 4.99. The maximum Gasteiger partial charge on any atom is 0.285 e. The lowest BCUT2D eigenvalue weighted by Crippen LogP contribution is -2.16. The number of nitrogens with zero attached hydrogens (tertiary/aromatic N) is 3. The number of benzene rings is 2. The second-order valence-corrected chi connectivity index (χ2v) is 9.02. The van der Waals surface area contributed by atoms with Gasteiger partial charge in [0.25, 0.3) is 5.24 Å². The molecule has 3 aromatic rings. The quantitative estimate of drug-likeness (QED) is 0.547. The lowest BCUT2D eigenvalue weighted by molar-refractivity contribution is -0.113. The van der Waals surface area contributed by atoms with E-state index in [0.717, 1.165) is 27.5 Å². The molecule has 0 saturated heterocycles. The van der Waals surface area contributed by atoms with Crippen LogP contribution in [0.2, 0.25) is 0 Å². The van der Waals surface area contributed by atoms with Crippen molar-refractivity contribution in [3.8, 4) is 5.69 Å². The second-order valence-electron chi connectivity index (χ2n) is 7.05. The zero-order chi connectivity index (χ0) is 21.7. The van der Waals surface area contributed by atoms with Crippen LogP contribution in [0.5, 0.6) is 0 Å². The van der Waals surface area contributed by atoms with Crippen molar-refractivity contribution in [3.05, 3.63) is 66.0 Å². The van der Waals surface area contributed by atoms with Crippen molar-refractivity contribution in [3.63, 3.8) is 0 Å². The number of rotatable bonds is 6. The fourth-order valence-corrected chi connectivity index (χ4v) is 4.24. The average Bonchev–Trinajstić information content (AvgIpc) is 3.16. The average molecular weight is 441 g/mol. The first-order chi connectivity index (χ1) is 14.3. The molecule has 2 amide bonds. The lowest BCUT2D eigenvalue weighted by Gasteiger charge is -2.11. The maximum absolute atomic E-state index is 12.4. The zero-order valence-corrected chi connectivity index (χ0v) is 19.0. The van der Waals surface area contributed by atoms with Crippen molar-refractivity contribution >= 4 is 40.4 Å². The van der Waals surface area contributed by atoms with Gasteiger partial charge in [0.15, 0.2) is 5.16 Å². The Labute approximate surface area is 185 Å². The first kappa shape index (κ1) is 22.0. The summed E-state index contributed by atoms with van der Waals surface area (Å²) >= 11 is 2.54. The van der Waals surface area contributed by atoms with Crippen LogP contribution in [-0.2, 0) is 4.79 Å².